The van der Waals surface area contributed by atoms with Crippen molar-refractivity contribution in [2.24, 2.45) is 0 Å². The molecule has 1 aliphatic rings. The largest absolute Gasteiger partial charge is 0.377 e. The first-order valence-corrected chi connectivity index (χ1v) is 8.87. The Bertz CT molecular complexity index is 624. The molecule has 1 fully saturated rings. The zero-order valence-electron chi connectivity index (χ0n) is 11.5. The highest BCUT2D eigenvalue weighted by molar-refractivity contribution is 7.89. The van der Waals surface area contributed by atoms with E-state index in [1.807, 2.05) is 0 Å². The molecule has 1 aliphatic heterocycles. The summed E-state index contributed by atoms with van der Waals surface area (Å²) >= 11 is 11.5. The van der Waals surface area contributed by atoms with E-state index in [4.69, 9.17) is 27.9 Å². The minimum absolute atomic E-state index is 0.0712. The summed E-state index contributed by atoms with van der Waals surface area (Å²) in [5.41, 5.74) is 0.0712. The Morgan fingerprint density at radius 1 is 1.48 bits per heavy atom. The van der Waals surface area contributed by atoms with Crippen molar-refractivity contribution in [1.82, 2.24) is 4.31 Å². The van der Waals surface area contributed by atoms with Crippen molar-refractivity contribution < 1.29 is 17.5 Å². The van der Waals surface area contributed by atoms with Gasteiger partial charge in [-0.1, -0.05) is 11.6 Å². The van der Waals surface area contributed by atoms with Gasteiger partial charge in [0.2, 0.25) is 10.0 Å². The van der Waals surface area contributed by atoms with Gasteiger partial charge in [0, 0.05) is 30.3 Å². The molecular formula is C13H16Cl2FNO3S. The number of ether oxygens (including phenoxy) is 1. The van der Waals surface area contributed by atoms with Crippen molar-refractivity contribution in [2.75, 3.05) is 19.7 Å². The highest BCUT2D eigenvalue weighted by Gasteiger charge is 2.31. The van der Waals surface area contributed by atoms with Gasteiger partial charge in [0.1, 0.15) is 10.7 Å². The second-order valence-corrected chi connectivity index (χ2v) is 7.52. The predicted octanol–water partition coefficient (Wildman–Crippen LogP) is 3.02. The highest BCUT2D eigenvalue weighted by atomic mass is 35.5. The lowest BCUT2D eigenvalue weighted by molar-refractivity contribution is 0.0752. The van der Waals surface area contributed by atoms with E-state index in [1.165, 1.54) is 10.4 Å². The summed E-state index contributed by atoms with van der Waals surface area (Å²) in [6.45, 7) is 2.74. The molecule has 0 radical (unpaired) electrons. The number of rotatable bonds is 3. The Balaban J connectivity index is 2.46. The third kappa shape index (κ3) is 3.68. The highest BCUT2D eigenvalue weighted by Crippen LogP contribution is 2.28. The van der Waals surface area contributed by atoms with E-state index < -0.39 is 20.7 Å². The minimum Gasteiger partial charge on any atom is -0.377 e. The Kier molecular flexibility index (Phi) is 5.48. The summed E-state index contributed by atoms with van der Waals surface area (Å²) in [5.74, 6) is -0.985. The van der Waals surface area contributed by atoms with Crippen LogP contribution >= 0.6 is 23.2 Å². The van der Waals surface area contributed by atoms with Gasteiger partial charge in [0.25, 0.3) is 0 Å². The maximum atomic E-state index is 14.3. The van der Waals surface area contributed by atoms with Crippen molar-refractivity contribution in [1.29, 1.82) is 0 Å². The molecule has 0 spiro atoms. The van der Waals surface area contributed by atoms with Gasteiger partial charge in [-0.3, -0.25) is 0 Å². The fourth-order valence-electron chi connectivity index (χ4n) is 2.22. The molecular weight excluding hydrogens is 340 g/mol. The molecule has 1 aromatic rings. The molecule has 1 saturated heterocycles. The summed E-state index contributed by atoms with van der Waals surface area (Å²) in [7, 11) is -3.97. The molecule has 0 amide bonds. The molecule has 8 heteroatoms. The van der Waals surface area contributed by atoms with Crippen LogP contribution in [0.1, 0.15) is 18.9 Å². The Hall–Kier alpha value is -0.400. The van der Waals surface area contributed by atoms with Gasteiger partial charge in [-0.25, -0.2) is 12.8 Å². The van der Waals surface area contributed by atoms with Gasteiger partial charge < -0.3 is 4.74 Å². The maximum Gasteiger partial charge on any atom is 0.246 e. The zero-order valence-corrected chi connectivity index (χ0v) is 13.8. The molecule has 0 aliphatic carbocycles. The van der Waals surface area contributed by atoms with Crippen LogP contribution in [0.3, 0.4) is 0 Å². The van der Waals surface area contributed by atoms with Gasteiger partial charge in [-0.2, -0.15) is 4.31 Å². The molecule has 0 N–H and O–H groups in total. The molecule has 21 heavy (non-hydrogen) atoms. The lowest BCUT2D eigenvalue weighted by Crippen LogP contribution is -2.36. The van der Waals surface area contributed by atoms with Crippen LogP contribution < -0.4 is 0 Å². The maximum absolute atomic E-state index is 14.3. The van der Waals surface area contributed by atoms with Crippen LogP contribution in [-0.2, 0) is 20.6 Å². The number of benzene rings is 1. The Labute approximate surface area is 133 Å². The van der Waals surface area contributed by atoms with Crippen LogP contribution in [0.5, 0.6) is 0 Å². The minimum atomic E-state index is -3.97. The van der Waals surface area contributed by atoms with E-state index in [-0.39, 0.29) is 35.7 Å². The zero-order chi connectivity index (χ0) is 15.6. The second-order valence-electron chi connectivity index (χ2n) is 4.91. The molecule has 118 valence electrons. The first kappa shape index (κ1) is 17.0. The van der Waals surface area contributed by atoms with Crippen molar-refractivity contribution in [3.8, 4) is 0 Å². The number of sulfonamides is 1. The van der Waals surface area contributed by atoms with E-state index in [9.17, 15) is 12.8 Å². The van der Waals surface area contributed by atoms with Crippen LogP contribution in [0.2, 0.25) is 5.02 Å². The first-order chi connectivity index (χ1) is 9.86. The first-order valence-electron chi connectivity index (χ1n) is 6.52. The van der Waals surface area contributed by atoms with Crippen molar-refractivity contribution in [2.45, 2.75) is 30.2 Å². The van der Waals surface area contributed by atoms with Crippen LogP contribution in [0, 0.1) is 5.82 Å². The van der Waals surface area contributed by atoms with E-state index in [0.717, 1.165) is 6.07 Å². The Morgan fingerprint density at radius 3 is 2.86 bits per heavy atom. The van der Waals surface area contributed by atoms with Crippen LogP contribution in [-0.4, -0.2) is 38.5 Å². The molecule has 4 nitrogen and oxygen atoms in total. The number of hydrogen-bond donors (Lipinski definition) is 0. The van der Waals surface area contributed by atoms with Crippen LogP contribution in [0.25, 0.3) is 0 Å². The fourth-order valence-corrected chi connectivity index (χ4v) is 4.40. The average molecular weight is 356 g/mol. The van der Waals surface area contributed by atoms with Crippen molar-refractivity contribution >= 4 is 33.2 Å². The summed E-state index contributed by atoms with van der Waals surface area (Å²) in [5, 5.41) is 0.143. The molecule has 0 aromatic heterocycles. The number of halogens is 3. The summed E-state index contributed by atoms with van der Waals surface area (Å²) in [4.78, 5) is -0.431. The average Bonchev–Trinajstić information content (AvgIpc) is 2.66. The van der Waals surface area contributed by atoms with Gasteiger partial charge in [0.15, 0.2) is 0 Å². The monoisotopic (exact) mass is 355 g/mol. The standard InChI is InChI=1S/C13H16Cl2FNO3S/c1-9-8-17(3-2-4-20-9)21(18,19)12-6-11(15)5-10(7-14)13(12)16/h5-6,9H,2-4,7-8H2,1H3. The number of alkyl halides is 1. The number of nitrogens with zero attached hydrogens (tertiary/aromatic N) is 1. The SMILES string of the molecule is CC1CN(S(=O)(=O)c2cc(Cl)cc(CCl)c2F)CCCO1. The third-order valence-corrected chi connectivity index (χ3v) is 5.63. The molecule has 1 heterocycles. The quantitative estimate of drug-likeness (QED) is 0.783. The molecule has 1 aromatic carbocycles. The van der Waals surface area contributed by atoms with Crippen LogP contribution in [0.15, 0.2) is 17.0 Å². The van der Waals surface area contributed by atoms with Gasteiger partial charge in [-0.05, 0) is 25.5 Å². The topological polar surface area (TPSA) is 46.6 Å². The predicted molar refractivity (Wildman–Crippen MR) is 79.8 cm³/mol. The van der Waals surface area contributed by atoms with Crippen molar-refractivity contribution in [3.63, 3.8) is 0 Å². The second kappa shape index (κ2) is 6.79. The van der Waals surface area contributed by atoms with E-state index in [0.29, 0.717) is 13.0 Å². The molecule has 1 atom stereocenters. The normalized spacial score (nSPS) is 21.2. The third-order valence-electron chi connectivity index (χ3n) is 3.26. The lowest BCUT2D eigenvalue weighted by atomic mass is 10.2. The molecule has 2 rings (SSSR count). The molecule has 0 saturated carbocycles. The van der Waals surface area contributed by atoms with Gasteiger partial charge >= 0.3 is 0 Å². The molecule has 0 bridgehead atoms. The molecule has 1 unspecified atom stereocenters. The fraction of sp³-hybridized carbons (Fsp3) is 0.538. The van der Waals surface area contributed by atoms with E-state index >= 15 is 0 Å². The smallest absolute Gasteiger partial charge is 0.246 e. The van der Waals surface area contributed by atoms with Gasteiger partial charge in [-0.15, -0.1) is 11.6 Å². The van der Waals surface area contributed by atoms with Gasteiger partial charge in [0.05, 0.1) is 12.0 Å². The van der Waals surface area contributed by atoms with E-state index in [1.54, 1.807) is 6.92 Å². The number of hydrogen-bond acceptors (Lipinski definition) is 3. The lowest BCUT2D eigenvalue weighted by Gasteiger charge is -2.22. The van der Waals surface area contributed by atoms with Crippen LogP contribution in [0.4, 0.5) is 4.39 Å². The summed E-state index contributed by atoms with van der Waals surface area (Å²) in [6, 6.07) is 2.45. The van der Waals surface area contributed by atoms with E-state index in [2.05, 4.69) is 0 Å². The summed E-state index contributed by atoms with van der Waals surface area (Å²) in [6.07, 6.45) is 0.325. The van der Waals surface area contributed by atoms with Crippen molar-refractivity contribution in [3.05, 3.63) is 28.5 Å². The Morgan fingerprint density at radius 2 is 2.19 bits per heavy atom. The summed E-state index contributed by atoms with van der Waals surface area (Å²) < 4.78 is 46.3.